The SMILES string of the molecule is COc1nn(CC(=O)NCCCn2nc(C)c(Br)c2C)cc1[N+](=O)[O-]. The second-order valence-electron chi connectivity index (χ2n) is 5.39. The molecule has 2 rings (SSSR count). The van der Waals surface area contributed by atoms with Crippen molar-refractivity contribution in [3.8, 4) is 5.88 Å². The Morgan fingerprint density at radius 1 is 1.44 bits per heavy atom. The van der Waals surface area contributed by atoms with E-state index in [1.807, 2.05) is 18.5 Å². The van der Waals surface area contributed by atoms with Crippen LogP contribution in [0.4, 0.5) is 5.69 Å². The molecule has 25 heavy (non-hydrogen) atoms. The number of hydrogen-bond acceptors (Lipinski definition) is 6. The number of rotatable bonds is 8. The quantitative estimate of drug-likeness (QED) is 0.398. The Labute approximate surface area is 152 Å². The Bertz CT molecular complexity index is 785. The second-order valence-corrected chi connectivity index (χ2v) is 6.18. The number of carbonyl (C=O) groups is 1. The van der Waals surface area contributed by atoms with Crippen molar-refractivity contribution in [2.75, 3.05) is 13.7 Å². The van der Waals surface area contributed by atoms with Gasteiger partial charge in [-0.2, -0.15) is 5.10 Å². The van der Waals surface area contributed by atoms with E-state index >= 15 is 0 Å². The monoisotopic (exact) mass is 414 g/mol. The number of aryl methyl sites for hydroxylation is 2. The summed E-state index contributed by atoms with van der Waals surface area (Å²) >= 11 is 3.47. The molecule has 0 atom stereocenters. The van der Waals surface area contributed by atoms with Crippen molar-refractivity contribution in [2.45, 2.75) is 33.4 Å². The smallest absolute Gasteiger partial charge is 0.350 e. The van der Waals surface area contributed by atoms with Crippen molar-refractivity contribution >= 4 is 27.5 Å². The number of carbonyl (C=O) groups excluding carboxylic acids is 1. The van der Waals surface area contributed by atoms with Crippen LogP contribution < -0.4 is 10.1 Å². The zero-order valence-electron chi connectivity index (χ0n) is 14.2. The number of ether oxygens (including phenoxy) is 1. The highest BCUT2D eigenvalue weighted by Gasteiger charge is 2.21. The molecule has 0 saturated heterocycles. The number of hydrogen-bond donors (Lipinski definition) is 1. The number of methoxy groups -OCH3 is 1. The van der Waals surface area contributed by atoms with E-state index in [0.717, 1.165) is 15.9 Å². The normalized spacial score (nSPS) is 10.7. The Hall–Kier alpha value is -2.43. The maximum Gasteiger partial charge on any atom is 0.350 e. The average molecular weight is 415 g/mol. The van der Waals surface area contributed by atoms with Crippen LogP contribution in [0.2, 0.25) is 0 Å². The van der Waals surface area contributed by atoms with E-state index in [1.165, 1.54) is 18.0 Å². The number of aromatic nitrogens is 4. The van der Waals surface area contributed by atoms with Gasteiger partial charge in [0.2, 0.25) is 5.91 Å². The lowest BCUT2D eigenvalue weighted by Crippen LogP contribution is -2.29. The molecule has 0 saturated carbocycles. The molecule has 1 amide bonds. The summed E-state index contributed by atoms with van der Waals surface area (Å²) in [5.41, 5.74) is 1.70. The highest BCUT2D eigenvalue weighted by molar-refractivity contribution is 9.10. The number of nitrogens with zero attached hydrogens (tertiary/aromatic N) is 5. The van der Waals surface area contributed by atoms with Gasteiger partial charge in [-0.25, -0.2) is 0 Å². The summed E-state index contributed by atoms with van der Waals surface area (Å²) in [6.45, 7) is 4.93. The molecule has 0 aliphatic heterocycles. The van der Waals surface area contributed by atoms with Gasteiger partial charge in [0.25, 0.3) is 0 Å². The zero-order chi connectivity index (χ0) is 18.6. The number of nitro groups is 1. The van der Waals surface area contributed by atoms with Crippen molar-refractivity contribution in [1.82, 2.24) is 24.9 Å². The maximum atomic E-state index is 11.9. The first kappa shape index (κ1) is 18.9. The van der Waals surface area contributed by atoms with E-state index < -0.39 is 4.92 Å². The van der Waals surface area contributed by atoms with E-state index in [0.29, 0.717) is 19.5 Å². The van der Waals surface area contributed by atoms with E-state index in [2.05, 4.69) is 31.4 Å². The molecule has 0 bridgehead atoms. The predicted molar refractivity (Wildman–Crippen MR) is 92.5 cm³/mol. The van der Waals surface area contributed by atoms with Crippen LogP contribution in [-0.4, -0.2) is 44.0 Å². The van der Waals surface area contributed by atoms with Gasteiger partial charge in [-0.1, -0.05) is 0 Å². The third-order valence-electron chi connectivity index (χ3n) is 3.57. The van der Waals surface area contributed by atoms with Gasteiger partial charge in [0, 0.05) is 18.8 Å². The third kappa shape index (κ3) is 4.56. The molecule has 0 aliphatic rings. The standard InChI is InChI=1S/C14H19BrN6O4/c1-9-13(15)10(2)20(17-9)6-4-5-16-12(22)8-19-7-11(21(23)24)14(18-19)25-3/h7H,4-6,8H2,1-3H3,(H,16,22). The molecular weight excluding hydrogens is 396 g/mol. The van der Waals surface area contributed by atoms with Gasteiger partial charge in [-0.05, 0) is 36.2 Å². The van der Waals surface area contributed by atoms with Gasteiger partial charge in [0.15, 0.2) is 0 Å². The molecule has 0 unspecified atom stereocenters. The number of nitrogens with one attached hydrogen (secondary N) is 1. The fourth-order valence-electron chi connectivity index (χ4n) is 2.30. The minimum atomic E-state index is -0.604. The van der Waals surface area contributed by atoms with Crippen molar-refractivity contribution < 1.29 is 14.5 Å². The summed E-state index contributed by atoms with van der Waals surface area (Å²) in [5.74, 6) is -0.400. The van der Waals surface area contributed by atoms with Gasteiger partial charge >= 0.3 is 11.6 Å². The van der Waals surface area contributed by atoms with Crippen LogP contribution in [0, 0.1) is 24.0 Å². The van der Waals surface area contributed by atoms with E-state index in [1.54, 1.807) is 0 Å². The predicted octanol–water partition coefficient (Wildman–Crippen LogP) is 1.58. The fourth-order valence-corrected chi connectivity index (χ4v) is 2.58. The Balaban J connectivity index is 1.81. The summed E-state index contributed by atoms with van der Waals surface area (Å²) in [5, 5.41) is 21.9. The van der Waals surface area contributed by atoms with Gasteiger partial charge in [0.1, 0.15) is 12.7 Å². The summed E-state index contributed by atoms with van der Waals surface area (Å²) < 4.78 is 8.88. The summed E-state index contributed by atoms with van der Waals surface area (Å²) in [7, 11) is 1.29. The van der Waals surface area contributed by atoms with Crippen LogP contribution in [0.1, 0.15) is 17.8 Å². The van der Waals surface area contributed by atoms with Crippen molar-refractivity contribution in [2.24, 2.45) is 0 Å². The Kier molecular flexibility index (Phi) is 6.12. The average Bonchev–Trinajstić information content (AvgIpc) is 3.08. The lowest BCUT2D eigenvalue weighted by atomic mass is 10.4. The molecule has 1 N–H and O–H groups in total. The molecule has 10 nitrogen and oxygen atoms in total. The molecule has 2 heterocycles. The zero-order valence-corrected chi connectivity index (χ0v) is 15.7. The van der Waals surface area contributed by atoms with Crippen LogP contribution in [0.15, 0.2) is 10.7 Å². The first-order chi connectivity index (χ1) is 11.8. The minimum Gasteiger partial charge on any atom is -0.475 e. The van der Waals surface area contributed by atoms with Crippen molar-refractivity contribution in [3.63, 3.8) is 0 Å². The Morgan fingerprint density at radius 2 is 2.16 bits per heavy atom. The lowest BCUT2D eigenvalue weighted by Gasteiger charge is -2.07. The highest BCUT2D eigenvalue weighted by atomic mass is 79.9. The first-order valence-corrected chi connectivity index (χ1v) is 8.34. The molecular formula is C14H19BrN6O4. The van der Waals surface area contributed by atoms with Crippen LogP contribution in [0.5, 0.6) is 5.88 Å². The van der Waals surface area contributed by atoms with Gasteiger partial charge < -0.3 is 10.1 Å². The van der Waals surface area contributed by atoms with E-state index in [4.69, 9.17) is 4.74 Å². The van der Waals surface area contributed by atoms with E-state index in [9.17, 15) is 14.9 Å². The summed E-state index contributed by atoms with van der Waals surface area (Å²) in [6, 6.07) is 0. The molecule has 11 heteroatoms. The van der Waals surface area contributed by atoms with Crippen molar-refractivity contribution in [1.29, 1.82) is 0 Å². The van der Waals surface area contributed by atoms with Crippen molar-refractivity contribution in [3.05, 3.63) is 32.2 Å². The van der Waals surface area contributed by atoms with Crippen LogP contribution in [-0.2, 0) is 17.9 Å². The lowest BCUT2D eigenvalue weighted by molar-refractivity contribution is -0.385. The molecule has 0 aromatic carbocycles. The van der Waals surface area contributed by atoms with Gasteiger partial charge in [-0.15, -0.1) is 5.10 Å². The fraction of sp³-hybridized carbons (Fsp3) is 0.500. The molecule has 0 fully saturated rings. The van der Waals surface area contributed by atoms with Gasteiger partial charge in [-0.3, -0.25) is 24.3 Å². The van der Waals surface area contributed by atoms with E-state index in [-0.39, 0.29) is 24.0 Å². The maximum absolute atomic E-state index is 11.9. The number of halogens is 1. The third-order valence-corrected chi connectivity index (χ3v) is 4.72. The topological polar surface area (TPSA) is 117 Å². The van der Waals surface area contributed by atoms with Crippen LogP contribution >= 0.6 is 15.9 Å². The molecule has 2 aromatic heterocycles. The Morgan fingerprint density at radius 3 is 2.68 bits per heavy atom. The molecule has 0 radical (unpaired) electrons. The summed E-state index contributed by atoms with van der Waals surface area (Å²) in [6.07, 6.45) is 1.88. The van der Waals surface area contributed by atoms with Crippen LogP contribution in [0.25, 0.3) is 0 Å². The molecule has 136 valence electrons. The molecule has 0 aliphatic carbocycles. The highest BCUT2D eigenvalue weighted by Crippen LogP contribution is 2.23. The number of amides is 1. The minimum absolute atomic E-state index is 0.115. The summed E-state index contributed by atoms with van der Waals surface area (Å²) in [4.78, 5) is 22.1. The second kappa shape index (κ2) is 8.10. The van der Waals surface area contributed by atoms with Crippen LogP contribution in [0.3, 0.4) is 0 Å². The molecule has 0 spiro atoms. The molecule has 2 aromatic rings. The largest absolute Gasteiger partial charge is 0.475 e. The van der Waals surface area contributed by atoms with Gasteiger partial charge in [0.05, 0.1) is 22.2 Å². The first-order valence-electron chi connectivity index (χ1n) is 7.55.